The van der Waals surface area contributed by atoms with Crippen LogP contribution in [-0.2, 0) is 0 Å². The maximum Gasteiger partial charge on any atom is 0.185 e. The van der Waals surface area contributed by atoms with Gasteiger partial charge in [-0.15, -0.1) is 11.3 Å². The molecule has 3 nitrogen and oxygen atoms in total. The number of aromatic nitrogens is 1. The lowest BCUT2D eigenvalue weighted by Gasteiger charge is -2.31. The molecule has 1 atom stereocenters. The van der Waals surface area contributed by atoms with Crippen LogP contribution in [-0.4, -0.2) is 24.6 Å². The maximum atomic E-state index is 4.84. The van der Waals surface area contributed by atoms with Crippen LogP contribution in [0.15, 0.2) is 0 Å². The van der Waals surface area contributed by atoms with Gasteiger partial charge in [0.1, 0.15) is 0 Å². The number of rotatable bonds is 7. The molecule has 1 aliphatic rings. The Labute approximate surface area is 134 Å². The van der Waals surface area contributed by atoms with Crippen molar-refractivity contribution in [3.8, 4) is 0 Å². The fourth-order valence-electron chi connectivity index (χ4n) is 3.21. The van der Waals surface area contributed by atoms with Crippen LogP contribution in [0.25, 0.3) is 0 Å². The van der Waals surface area contributed by atoms with Gasteiger partial charge in [0.15, 0.2) is 5.13 Å². The number of thiazole rings is 1. The van der Waals surface area contributed by atoms with Crippen LogP contribution in [0.1, 0.15) is 69.5 Å². The lowest BCUT2D eigenvalue weighted by molar-refractivity contribution is 0.378. The zero-order valence-corrected chi connectivity index (χ0v) is 14.9. The topological polar surface area (TPSA) is 28.2 Å². The number of nitrogens with one attached hydrogen (secondary N) is 1. The number of aryl methyl sites for hydroxylation is 1. The molecular weight excluding hydrogens is 278 g/mol. The summed E-state index contributed by atoms with van der Waals surface area (Å²) in [5.41, 5.74) is 1.21. The molecule has 2 rings (SSSR count). The van der Waals surface area contributed by atoms with Crippen LogP contribution in [0.2, 0.25) is 0 Å². The van der Waals surface area contributed by atoms with Gasteiger partial charge < -0.3 is 10.2 Å². The van der Waals surface area contributed by atoms with E-state index >= 15 is 0 Å². The van der Waals surface area contributed by atoms with E-state index in [2.05, 4.69) is 37.9 Å². The Morgan fingerprint density at radius 2 is 2.00 bits per heavy atom. The average Bonchev–Trinajstić information content (AvgIpc) is 2.88. The molecule has 1 aromatic rings. The van der Waals surface area contributed by atoms with Crippen molar-refractivity contribution < 1.29 is 0 Å². The van der Waals surface area contributed by atoms with Crippen molar-refractivity contribution in [2.24, 2.45) is 5.92 Å². The Kier molecular flexibility index (Phi) is 6.49. The van der Waals surface area contributed by atoms with Gasteiger partial charge in [-0.1, -0.05) is 26.7 Å². The van der Waals surface area contributed by atoms with Crippen LogP contribution in [0.3, 0.4) is 0 Å². The highest BCUT2D eigenvalue weighted by molar-refractivity contribution is 7.15. The normalized spacial score (nSPS) is 18.2. The van der Waals surface area contributed by atoms with Gasteiger partial charge in [-0.3, -0.25) is 0 Å². The van der Waals surface area contributed by atoms with E-state index in [1.54, 1.807) is 0 Å². The first-order valence-corrected chi connectivity index (χ1v) is 9.43. The molecule has 1 N–H and O–H groups in total. The summed E-state index contributed by atoms with van der Waals surface area (Å²) < 4.78 is 0. The number of anilines is 1. The van der Waals surface area contributed by atoms with Gasteiger partial charge in [0.05, 0.1) is 5.69 Å². The predicted molar refractivity (Wildman–Crippen MR) is 93.4 cm³/mol. The molecular formula is C17H31N3S. The monoisotopic (exact) mass is 309 g/mol. The van der Waals surface area contributed by atoms with Crippen LogP contribution < -0.4 is 10.2 Å². The van der Waals surface area contributed by atoms with Gasteiger partial charge in [-0.2, -0.15) is 0 Å². The van der Waals surface area contributed by atoms with Crippen LogP contribution in [0, 0.1) is 12.8 Å². The first-order valence-electron chi connectivity index (χ1n) is 8.61. The lowest BCUT2D eigenvalue weighted by Crippen LogP contribution is -2.33. The number of piperidine rings is 1. The average molecular weight is 310 g/mol. The molecule has 21 heavy (non-hydrogen) atoms. The van der Waals surface area contributed by atoms with Gasteiger partial charge in [0.2, 0.25) is 0 Å². The summed E-state index contributed by atoms with van der Waals surface area (Å²) in [6.45, 7) is 12.4. The predicted octanol–water partition coefficient (Wildman–Crippen LogP) is 4.53. The van der Waals surface area contributed by atoms with E-state index in [1.165, 1.54) is 60.9 Å². The fraction of sp³-hybridized carbons (Fsp3) is 0.824. The molecule has 0 spiro atoms. The van der Waals surface area contributed by atoms with E-state index < -0.39 is 0 Å². The molecule has 1 unspecified atom stereocenters. The maximum absolute atomic E-state index is 4.84. The minimum absolute atomic E-state index is 0.425. The van der Waals surface area contributed by atoms with Crippen molar-refractivity contribution in [1.82, 2.24) is 10.3 Å². The SMILES string of the molecule is CCCNC(C)c1sc(N2CCC(CCC)CC2)nc1C. The fourth-order valence-corrected chi connectivity index (χ4v) is 4.35. The molecule has 1 aliphatic heterocycles. The molecule has 1 saturated heterocycles. The molecule has 120 valence electrons. The number of nitrogens with zero attached hydrogens (tertiary/aromatic N) is 2. The summed E-state index contributed by atoms with van der Waals surface area (Å²) in [7, 11) is 0. The second-order valence-electron chi connectivity index (χ2n) is 6.34. The number of hydrogen-bond acceptors (Lipinski definition) is 4. The van der Waals surface area contributed by atoms with E-state index in [0.717, 1.165) is 12.5 Å². The first-order chi connectivity index (χ1) is 10.2. The molecule has 0 radical (unpaired) electrons. The number of hydrogen-bond donors (Lipinski definition) is 1. The lowest BCUT2D eigenvalue weighted by atomic mass is 9.93. The van der Waals surface area contributed by atoms with Crippen LogP contribution in [0.4, 0.5) is 5.13 Å². The molecule has 0 aliphatic carbocycles. The van der Waals surface area contributed by atoms with Gasteiger partial charge in [0, 0.05) is 24.0 Å². The highest BCUT2D eigenvalue weighted by Crippen LogP contribution is 2.33. The Bertz CT molecular complexity index is 422. The van der Waals surface area contributed by atoms with Crippen molar-refractivity contribution in [2.75, 3.05) is 24.5 Å². The molecule has 4 heteroatoms. The van der Waals surface area contributed by atoms with E-state index in [0.29, 0.717) is 6.04 Å². The second-order valence-corrected chi connectivity index (χ2v) is 7.35. The van der Waals surface area contributed by atoms with Crippen LogP contribution in [0.5, 0.6) is 0 Å². The second kappa shape index (κ2) is 8.14. The Morgan fingerprint density at radius 3 is 2.62 bits per heavy atom. The molecule has 2 heterocycles. The summed E-state index contributed by atoms with van der Waals surface area (Å²) in [4.78, 5) is 8.75. The third-order valence-electron chi connectivity index (χ3n) is 4.50. The van der Waals surface area contributed by atoms with Gasteiger partial charge in [-0.25, -0.2) is 4.98 Å². The first kappa shape index (κ1) is 16.8. The molecule has 1 aromatic heterocycles. The summed E-state index contributed by atoms with van der Waals surface area (Å²) >= 11 is 1.89. The van der Waals surface area contributed by atoms with Crippen molar-refractivity contribution in [3.63, 3.8) is 0 Å². The Hall–Kier alpha value is -0.610. The molecule has 0 amide bonds. The van der Waals surface area contributed by atoms with Crippen molar-refractivity contribution >= 4 is 16.5 Å². The summed E-state index contributed by atoms with van der Waals surface area (Å²) in [6, 6.07) is 0.425. The van der Waals surface area contributed by atoms with Gasteiger partial charge >= 0.3 is 0 Å². The minimum Gasteiger partial charge on any atom is -0.348 e. The summed E-state index contributed by atoms with van der Waals surface area (Å²) in [5.74, 6) is 0.942. The minimum atomic E-state index is 0.425. The quantitative estimate of drug-likeness (QED) is 0.802. The van der Waals surface area contributed by atoms with Crippen molar-refractivity contribution in [1.29, 1.82) is 0 Å². The van der Waals surface area contributed by atoms with E-state index in [1.807, 2.05) is 11.3 Å². The Balaban J connectivity index is 1.96. The van der Waals surface area contributed by atoms with Crippen LogP contribution >= 0.6 is 11.3 Å². The zero-order valence-electron chi connectivity index (χ0n) is 14.1. The van der Waals surface area contributed by atoms with E-state index in [4.69, 9.17) is 4.98 Å². The zero-order chi connectivity index (χ0) is 15.2. The Morgan fingerprint density at radius 1 is 1.29 bits per heavy atom. The molecule has 0 bridgehead atoms. The molecule has 0 aromatic carbocycles. The van der Waals surface area contributed by atoms with E-state index in [9.17, 15) is 0 Å². The summed E-state index contributed by atoms with van der Waals surface area (Å²) in [6.07, 6.45) is 6.58. The van der Waals surface area contributed by atoms with Gasteiger partial charge in [0.25, 0.3) is 0 Å². The highest BCUT2D eigenvalue weighted by Gasteiger charge is 2.22. The molecule has 1 fully saturated rings. The molecule has 0 saturated carbocycles. The van der Waals surface area contributed by atoms with E-state index in [-0.39, 0.29) is 0 Å². The third-order valence-corrected chi connectivity index (χ3v) is 5.90. The third kappa shape index (κ3) is 4.43. The largest absolute Gasteiger partial charge is 0.348 e. The summed E-state index contributed by atoms with van der Waals surface area (Å²) in [5, 5.41) is 4.82. The highest BCUT2D eigenvalue weighted by atomic mass is 32.1. The van der Waals surface area contributed by atoms with Gasteiger partial charge in [-0.05, 0) is 45.6 Å². The smallest absolute Gasteiger partial charge is 0.185 e. The van der Waals surface area contributed by atoms with Crippen molar-refractivity contribution in [2.45, 2.75) is 65.8 Å². The standard InChI is InChI=1S/C17H31N3S/c1-5-7-15-8-11-20(12-9-15)17-19-14(4)16(21-17)13(3)18-10-6-2/h13,15,18H,5-12H2,1-4H3. The van der Waals surface area contributed by atoms with Crippen molar-refractivity contribution in [3.05, 3.63) is 10.6 Å².